The Balaban J connectivity index is 0. The van der Waals surface area contributed by atoms with E-state index in [1.807, 2.05) is 0 Å². The summed E-state index contributed by atoms with van der Waals surface area (Å²) in [6, 6.07) is 0. The second-order valence-electron chi connectivity index (χ2n) is 2.36. The molecule has 0 rings (SSSR count). The van der Waals surface area contributed by atoms with Gasteiger partial charge in [0, 0.05) is 29.2 Å². The molecule has 0 aliphatic heterocycles. The summed E-state index contributed by atoms with van der Waals surface area (Å²) in [7, 11) is 1.31. The molecule has 0 unspecified atom stereocenters. The van der Waals surface area contributed by atoms with Crippen molar-refractivity contribution in [3.8, 4) is 0 Å². The zero-order valence-corrected chi connectivity index (χ0v) is 11.1. The van der Waals surface area contributed by atoms with Crippen molar-refractivity contribution in [3.63, 3.8) is 0 Å². The molecule has 3 nitrogen and oxygen atoms in total. The molecule has 0 radical (unpaired) electrons. The van der Waals surface area contributed by atoms with Gasteiger partial charge in [-0.25, -0.2) is 4.79 Å². The summed E-state index contributed by atoms with van der Waals surface area (Å²) in [5.41, 5.74) is 0. The Morgan fingerprint density at radius 3 is 2.42 bits per heavy atom. The maximum Gasteiger partial charge on any atom is 0.507 e. The average Bonchev–Trinajstić information content (AvgIpc) is 2.04. The zero-order chi connectivity index (χ0) is 8.53. The van der Waals surface area contributed by atoms with Crippen LogP contribution >= 0.6 is 0 Å². The van der Waals surface area contributed by atoms with Crippen molar-refractivity contribution < 1.29 is 43.4 Å². The van der Waals surface area contributed by atoms with Gasteiger partial charge in [-0.05, 0) is 6.42 Å². The van der Waals surface area contributed by atoms with E-state index in [0.29, 0.717) is 6.61 Å². The van der Waals surface area contributed by atoms with E-state index >= 15 is 0 Å². The summed E-state index contributed by atoms with van der Waals surface area (Å²) in [5, 5.41) is 0. The summed E-state index contributed by atoms with van der Waals surface area (Å²) in [5.74, 6) is 0. The minimum Gasteiger partial charge on any atom is -0.438 e. The van der Waals surface area contributed by atoms with Crippen molar-refractivity contribution in [1.82, 2.24) is 0 Å². The normalized spacial score (nSPS) is 8.50. The topological polar surface area (TPSA) is 35.5 Å². The first kappa shape index (κ1) is 14.8. The molecule has 4 heteroatoms. The summed E-state index contributed by atoms with van der Waals surface area (Å²) >= 11 is 0. The quantitative estimate of drug-likeness (QED) is 0.522. The van der Waals surface area contributed by atoms with Gasteiger partial charge in [-0.15, -0.1) is 0 Å². The van der Waals surface area contributed by atoms with E-state index in [1.54, 1.807) is 0 Å². The summed E-state index contributed by atoms with van der Waals surface area (Å²) in [6.07, 6.45) is 3.86. The van der Waals surface area contributed by atoms with Crippen molar-refractivity contribution in [3.05, 3.63) is 0 Å². The summed E-state index contributed by atoms with van der Waals surface area (Å²) < 4.78 is 8.97. The molecule has 0 spiro atoms. The molecule has 0 aromatic rings. The van der Waals surface area contributed by atoms with Crippen LogP contribution in [0.2, 0.25) is 0 Å². The number of unbranched alkanes of at least 4 members (excludes halogenated alkanes) is 3. The monoisotopic (exact) mass is 398 g/mol. The molecular formula is C8H16O3Pu. The average molecular weight is 404 g/mol. The number of carbonyl (C=O) groups excluding carboxylic acids is 1. The van der Waals surface area contributed by atoms with Crippen molar-refractivity contribution in [2.24, 2.45) is 0 Å². The molecule has 0 heterocycles. The number of ether oxygens (including phenoxy) is 2. The zero-order valence-electron chi connectivity index (χ0n) is 7.67. The van der Waals surface area contributed by atoms with Crippen LogP contribution < -0.4 is 0 Å². The number of methoxy groups -OCH3 is 1. The van der Waals surface area contributed by atoms with Crippen molar-refractivity contribution in [1.29, 1.82) is 0 Å². The van der Waals surface area contributed by atoms with Crippen LogP contribution in [-0.2, 0) is 9.47 Å². The molecule has 0 atom stereocenters. The van der Waals surface area contributed by atoms with Crippen LogP contribution in [-0.4, -0.2) is 19.9 Å². The maximum absolute atomic E-state index is 10.4. The molecule has 0 aromatic carbocycles. The predicted octanol–water partition coefficient (Wildman–Crippen LogP) is 2.35. The van der Waals surface area contributed by atoms with Gasteiger partial charge in [0.2, 0.25) is 0 Å². The molecule has 72 valence electrons. The van der Waals surface area contributed by atoms with E-state index < -0.39 is 6.16 Å². The van der Waals surface area contributed by atoms with Gasteiger partial charge in [0.05, 0.1) is 13.7 Å². The fraction of sp³-hybridized carbons (Fsp3) is 0.875. The van der Waals surface area contributed by atoms with Gasteiger partial charge in [0.1, 0.15) is 0 Å². The fourth-order valence-corrected chi connectivity index (χ4v) is 0.743. The Labute approximate surface area is 95.7 Å². The Bertz CT molecular complexity index is 106. The van der Waals surface area contributed by atoms with E-state index in [-0.39, 0.29) is 29.2 Å². The molecule has 0 bridgehead atoms. The van der Waals surface area contributed by atoms with E-state index in [2.05, 4.69) is 16.4 Å². The molecule has 0 aromatic heterocycles. The van der Waals surface area contributed by atoms with Crippen molar-refractivity contribution in [2.75, 3.05) is 13.7 Å². The molecule has 0 N–H and O–H groups in total. The van der Waals surface area contributed by atoms with Crippen LogP contribution in [0.3, 0.4) is 0 Å². The summed E-state index contributed by atoms with van der Waals surface area (Å²) in [6.45, 7) is 2.62. The first-order valence-electron chi connectivity index (χ1n) is 4.02. The van der Waals surface area contributed by atoms with Gasteiger partial charge in [-0.3, -0.25) is 0 Å². The SMILES string of the molecule is CCCCCCOC(=O)OC.[Pu]. The van der Waals surface area contributed by atoms with E-state index in [0.717, 1.165) is 12.8 Å². The van der Waals surface area contributed by atoms with Gasteiger partial charge in [0.25, 0.3) is 0 Å². The number of hydrogen-bond acceptors (Lipinski definition) is 3. The third kappa shape index (κ3) is 10.3. The molecule has 12 heavy (non-hydrogen) atoms. The van der Waals surface area contributed by atoms with Crippen molar-refractivity contribution >= 4 is 6.16 Å². The third-order valence-electron chi connectivity index (χ3n) is 1.38. The van der Waals surface area contributed by atoms with E-state index in [4.69, 9.17) is 0 Å². The van der Waals surface area contributed by atoms with E-state index in [9.17, 15) is 4.79 Å². The molecule has 0 aliphatic rings. The Hall–Kier alpha value is 0.257. The first-order valence-corrected chi connectivity index (χ1v) is 4.02. The smallest absolute Gasteiger partial charge is 0.438 e. The van der Waals surface area contributed by atoms with Gasteiger partial charge in [-0.2, -0.15) is 0 Å². The van der Waals surface area contributed by atoms with Crippen LogP contribution in [0.5, 0.6) is 0 Å². The first-order chi connectivity index (χ1) is 5.31. The standard InChI is InChI=1S/C8H16O3.Pu/c1-3-4-5-6-7-11-8(9)10-2;/h3-7H2,1-2H3;. The second kappa shape index (κ2) is 11.3. The van der Waals surface area contributed by atoms with Crippen LogP contribution in [0.15, 0.2) is 0 Å². The van der Waals surface area contributed by atoms with Gasteiger partial charge in [-0.1, -0.05) is 26.2 Å². The van der Waals surface area contributed by atoms with Crippen molar-refractivity contribution in [2.45, 2.75) is 32.6 Å². The number of hydrogen-bond donors (Lipinski definition) is 0. The van der Waals surface area contributed by atoms with Crippen LogP contribution in [0.1, 0.15) is 32.6 Å². The minimum atomic E-state index is -0.582. The number of rotatable bonds is 5. The maximum atomic E-state index is 10.4. The molecular weight excluding hydrogens is 388 g/mol. The van der Waals surface area contributed by atoms with E-state index in [1.165, 1.54) is 20.0 Å². The minimum absolute atomic E-state index is 0. The second-order valence-corrected chi connectivity index (χ2v) is 2.36. The largest absolute Gasteiger partial charge is 0.507 e. The molecule has 0 aliphatic carbocycles. The Morgan fingerprint density at radius 2 is 1.92 bits per heavy atom. The third-order valence-corrected chi connectivity index (χ3v) is 1.38. The van der Waals surface area contributed by atoms with Gasteiger partial charge < -0.3 is 9.47 Å². The summed E-state index contributed by atoms with van der Waals surface area (Å²) in [4.78, 5) is 10.4. The van der Waals surface area contributed by atoms with Crippen LogP contribution in [0.4, 0.5) is 4.79 Å². The molecule has 0 saturated heterocycles. The Morgan fingerprint density at radius 1 is 1.25 bits per heavy atom. The van der Waals surface area contributed by atoms with Crippen LogP contribution in [0, 0.1) is 29.2 Å². The molecule has 0 saturated carbocycles. The van der Waals surface area contributed by atoms with Gasteiger partial charge in [0.15, 0.2) is 0 Å². The number of carbonyl (C=O) groups is 1. The Kier molecular flexibility index (Phi) is 13.8. The predicted molar refractivity (Wildman–Crippen MR) is 42.5 cm³/mol. The molecule has 0 fully saturated rings. The van der Waals surface area contributed by atoms with Gasteiger partial charge >= 0.3 is 6.16 Å². The molecule has 0 amide bonds. The fourth-order valence-electron chi connectivity index (χ4n) is 0.743. The van der Waals surface area contributed by atoms with Crippen LogP contribution in [0.25, 0.3) is 0 Å².